The molecule has 9 heteroatoms. The van der Waals surface area contributed by atoms with Gasteiger partial charge in [-0.3, -0.25) is 0 Å². The SMILES string of the molecule is NS(=O)(=O)c1cnc(NC(c2ccccc2)c2nccs2)s1. The number of aromatic nitrogens is 2. The Labute approximate surface area is 135 Å². The maximum absolute atomic E-state index is 11.3. The van der Waals surface area contributed by atoms with E-state index >= 15 is 0 Å². The zero-order valence-corrected chi connectivity index (χ0v) is 13.7. The van der Waals surface area contributed by atoms with E-state index in [1.165, 1.54) is 17.5 Å². The number of rotatable bonds is 5. The highest BCUT2D eigenvalue weighted by Crippen LogP contribution is 2.30. The van der Waals surface area contributed by atoms with Gasteiger partial charge in [0.05, 0.1) is 6.20 Å². The average Bonchev–Trinajstić information content (AvgIpc) is 3.16. The van der Waals surface area contributed by atoms with E-state index in [2.05, 4.69) is 15.3 Å². The Hall–Kier alpha value is -1.81. The van der Waals surface area contributed by atoms with Crippen LogP contribution in [0, 0.1) is 0 Å². The maximum Gasteiger partial charge on any atom is 0.249 e. The summed E-state index contributed by atoms with van der Waals surface area (Å²) < 4.78 is 22.7. The summed E-state index contributed by atoms with van der Waals surface area (Å²) in [6.45, 7) is 0. The van der Waals surface area contributed by atoms with E-state index in [1.807, 2.05) is 35.7 Å². The van der Waals surface area contributed by atoms with Gasteiger partial charge in [-0.15, -0.1) is 11.3 Å². The zero-order chi connectivity index (χ0) is 15.6. The Morgan fingerprint density at radius 2 is 1.95 bits per heavy atom. The van der Waals surface area contributed by atoms with Crippen LogP contribution >= 0.6 is 22.7 Å². The molecule has 0 radical (unpaired) electrons. The number of nitrogens with two attached hydrogens (primary N) is 1. The van der Waals surface area contributed by atoms with E-state index < -0.39 is 10.0 Å². The van der Waals surface area contributed by atoms with Crippen molar-refractivity contribution >= 4 is 37.8 Å². The van der Waals surface area contributed by atoms with Gasteiger partial charge in [-0.1, -0.05) is 41.7 Å². The second-order valence-electron chi connectivity index (χ2n) is 4.39. The van der Waals surface area contributed by atoms with Crippen LogP contribution in [0.15, 0.2) is 52.3 Å². The highest BCUT2D eigenvalue weighted by Gasteiger charge is 2.19. The minimum absolute atomic E-state index is 0.0287. The van der Waals surface area contributed by atoms with Crippen molar-refractivity contribution in [2.75, 3.05) is 5.32 Å². The van der Waals surface area contributed by atoms with Crippen LogP contribution in [0.3, 0.4) is 0 Å². The molecule has 1 atom stereocenters. The van der Waals surface area contributed by atoms with Gasteiger partial charge in [-0.25, -0.2) is 23.5 Å². The van der Waals surface area contributed by atoms with E-state index in [0.29, 0.717) is 5.13 Å². The van der Waals surface area contributed by atoms with Crippen molar-refractivity contribution in [3.63, 3.8) is 0 Å². The monoisotopic (exact) mass is 352 g/mol. The van der Waals surface area contributed by atoms with Crippen LogP contribution in [-0.2, 0) is 10.0 Å². The number of anilines is 1. The minimum atomic E-state index is -3.73. The van der Waals surface area contributed by atoms with Crippen LogP contribution in [0.5, 0.6) is 0 Å². The standard InChI is InChI=1S/C13H12N4O2S3/c14-22(18,19)10-8-16-13(21-10)17-11(12-15-6-7-20-12)9-4-2-1-3-5-9/h1-8,11H,(H,16,17)(H2,14,18,19). The van der Waals surface area contributed by atoms with E-state index in [9.17, 15) is 8.42 Å². The summed E-state index contributed by atoms with van der Waals surface area (Å²) in [6.07, 6.45) is 2.99. The third-order valence-electron chi connectivity index (χ3n) is 2.86. The third kappa shape index (κ3) is 3.33. The summed E-state index contributed by atoms with van der Waals surface area (Å²) in [5, 5.41) is 11.6. The number of benzene rings is 1. The number of primary sulfonamides is 1. The van der Waals surface area contributed by atoms with E-state index in [4.69, 9.17) is 5.14 Å². The number of nitrogens with zero attached hydrogens (tertiary/aromatic N) is 2. The van der Waals surface area contributed by atoms with Gasteiger partial charge in [0.2, 0.25) is 10.0 Å². The molecule has 2 aromatic heterocycles. The van der Waals surface area contributed by atoms with Crippen molar-refractivity contribution in [3.05, 3.63) is 58.7 Å². The molecule has 3 aromatic rings. The molecule has 0 aliphatic heterocycles. The quantitative estimate of drug-likeness (QED) is 0.735. The molecule has 2 heterocycles. The molecule has 3 N–H and O–H groups in total. The molecule has 0 fully saturated rings. The summed E-state index contributed by atoms with van der Waals surface area (Å²) in [7, 11) is -3.73. The van der Waals surface area contributed by atoms with Gasteiger partial charge < -0.3 is 5.32 Å². The largest absolute Gasteiger partial charge is 0.348 e. The van der Waals surface area contributed by atoms with Crippen LogP contribution in [0.25, 0.3) is 0 Å². The molecular weight excluding hydrogens is 340 g/mol. The van der Waals surface area contributed by atoms with Crippen molar-refractivity contribution in [2.24, 2.45) is 5.14 Å². The van der Waals surface area contributed by atoms with Crippen molar-refractivity contribution in [2.45, 2.75) is 10.3 Å². The second kappa shape index (κ2) is 6.13. The molecule has 0 spiro atoms. The summed E-state index contributed by atoms with van der Waals surface area (Å²) in [5.41, 5.74) is 1.02. The van der Waals surface area contributed by atoms with E-state index in [0.717, 1.165) is 21.9 Å². The third-order valence-corrected chi connectivity index (χ3v) is 6.04. The predicted octanol–water partition coefficient (Wildman–Crippen LogP) is 2.45. The van der Waals surface area contributed by atoms with Gasteiger partial charge >= 0.3 is 0 Å². The van der Waals surface area contributed by atoms with Gasteiger partial charge in [-0.05, 0) is 5.56 Å². The molecule has 0 aliphatic rings. The van der Waals surface area contributed by atoms with Crippen molar-refractivity contribution < 1.29 is 8.42 Å². The van der Waals surface area contributed by atoms with Crippen LogP contribution < -0.4 is 10.5 Å². The molecule has 114 valence electrons. The summed E-state index contributed by atoms with van der Waals surface area (Å²) in [5.74, 6) is 0. The molecule has 22 heavy (non-hydrogen) atoms. The Morgan fingerprint density at radius 3 is 2.55 bits per heavy atom. The number of thiazole rings is 2. The molecule has 0 saturated heterocycles. The van der Waals surface area contributed by atoms with Gasteiger partial charge in [0.1, 0.15) is 11.0 Å². The first kappa shape index (κ1) is 15.1. The molecular formula is C13H12N4O2S3. The molecule has 3 rings (SSSR count). The second-order valence-corrected chi connectivity index (χ2v) is 8.13. The number of hydrogen-bond acceptors (Lipinski definition) is 7. The number of sulfonamides is 1. The molecule has 0 amide bonds. The Morgan fingerprint density at radius 1 is 1.18 bits per heavy atom. The smallest absolute Gasteiger partial charge is 0.249 e. The maximum atomic E-state index is 11.3. The Balaban J connectivity index is 1.93. The minimum Gasteiger partial charge on any atom is -0.348 e. The first-order valence-corrected chi connectivity index (χ1v) is 9.48. The summed E-state index contributed by atoms with van der Waals surface area (Å²) in [4.78, 5) is 8.42. The van der Waals surface area contributed by atoms with Crippen molar-refractivity contribution in [1.82, 2.24) is 9.97 Å². The average molecular weight is 352 g/mol. The highest BCUT2D eigenvalue weighted by atomic mass is 32.2. The van der Waals surface area contributed by atoms with Crippen LogP contribution in [0.2, 0.25) is 0 Å². The first-order chi connectivity index (χ1) is 10.5. The Kier molecular flexibility index (Phi) is 4.21. The lowest BCUT2D eigenvalue weighted by Crippen LogP contribution is -2.12. The predicted molar refractivity (Wildman–Crippen MR) is 87.5 cm³/mol. The lowest BCUT2D eigenvalue weighted by Gasteiger charge is -2.16. The lowest BCUT2D eigenvalue weighted by molar-refractivity contribution is 0.599. The van der Waals surface area contributed by atoms with Gasteiger partial charge in [0.15, 0.2) is 9.34 Å². The molecule has 0 bridgehead atoms. The number of nitrogens with one attached hydrogen (secondary N) is 1. The fraction of sp³-hybridized carbons (Fsp3) is 0.0769. The first-order valence-electron chi connectivity index (χ1n) is 6.23. The van der Waals surface area contributed by atoms with E-state index in [-0.39, 0.29) is 10.3 Å². The fourth-order valence-electron chi connectivity index (χ4n) is 1.89. The molecule has 0 saturated carbocycles. The molecule has 1 aromatic carbocycles. The topological polar surface area (TPSA) is 98.0 Å². The summed E-state index contributed by atoms with van der Waals surface area (Å²) >= 11 is 2.52. The van der Waals surface area contributed by atoms with E-state index in [1.54, 1.807) is 6.20 Å². The van der Waals surface area contributed by atoms with Crippen molar-refractivity contribution in [1.29, 1.82) is 0 Å². The Bertz CT molecular complexity index is 845. The van der Waals surface area contributed by atoms with Crippen LogP contribution in [0.1, 0.15) is 16.6 Å². The summed E-state index contributed by atoms with van der Waals surface area (Å²) in [6, 6.07) is 9.58. The van der Waals surface area contributed by atoms with Gasteiger partial charge in [0.25, 0.3) is 0 Å². The zero-order valence-electron chi connectivity index (χ0n) is 11.2. The molecule has 0 aliphatic carbocycles. The lowest BCUT2D eigenvalue weighted by atomic mass is 10.1. The highest BCUT2D eigenvalue weighted by molar-refractivity contribution is 7.91. The molecule has 6 nitrogen and oxygen atoms in total. The van der Waals surface area contributed by atoms with Gasteiger partial charge in [0, 0.05) is 11.6 Å². The molecule has 1 unspecified atom stereocenters. The normalized spacial score (nSPS) is 13.0. The van der Waals surface area contributed by atoms with Crippen molar-refractivity contribution in [3.8, 4) is 0 Å². The number of hydrogen-bond donors (Lipinski definition) is 2. The fourth-order valence-corrected chi connectivity index (χ4v) is 4.08. The van der Waals surface area contributed by atoms with Gasteiger partial charge in [-0.2, -0.15) is 0 Å². The van der Waals surface area contributed by atoms with Crippen LogP contribution in [0.4, 0.5) is 5.13 Å². The van der Waals surface area contributed by atoms with Crippen LogP contribution in [-0.4, -0.2) is 18.4 Å².